The van der Waals surface area contributed by atoms with Crippen molar-refractivity contribution in [2.75, 3.05) is 6.54 Å². The van der Waals surface area contributed by atoms with E-state index in [1.165, 1.54) is 0 Å². The maximum atomic E-state index is 10.4. The molecule has 1 aromatic carbocycles. The Kier molecular flexibility index (Phi) is 4.46. The lowest BCUT2D eigenvalue weighted by Gasteiger charge is -2.43. The molecule has 19 heavy (non-hydrogen) atoms. The Labute approximate surface area is 124 Å². The van der Waals surface area contributed by atoms with Gasteiger partial charge in [0.05, 0.1) is 15.6 Å². The molecule has 1 aliphatic rings. The predicted octanol–water partition coefficient (Wildman–Crippen LogP) is 3.91. The van der Waals surface area contributed by atoms with Crippen molar-refractivity contribution in [3.05, 3.63) is 33.8 Å². The molecule has 0 bridgehead atoms. The van der Waals surface area contributed by atoms with Crippen molar-refractivity contribution in [2.24, 2.45) is 5.73 Å². The summed E-state index contributed by atoms with van der Waals surface area (Å²) in [6.07, 6.45) is 4.18. The molecule has 0 saturated heterocycles. The first-order chi connectivity index (χ1) is 8.95. The highest BCUT2D eigenvalue weighted by molar-refractivity contribution is 6.42. The third-order valence-corrected chi connectivity index (χ3v) is 5.46. The molecule has 106 valence electrons. The van der Waals surface area contributed by atoms with Crippen molar-refractivity contribution >= 4 is 23.2 Å². The molecule has 1 aromatic rings. The lowest BCUT2D eigenvalue weighted by molar-refractivity contribution is -0.0183. The van der Waals surface area contributed by atoms with E-state index in [4.69, 9.17) is 28.9 Å². The van der Waals surface area contributed by atoms with Crippen molar-refractivity contribution < 1.29 is 5.11 Å². The summed E-state index contributed by atoms with van der Waals surface area (Å²) in [5, 5.41) is 11.5. The van der Waals surface area contributed by atoms with Gasteiger partial charge in [0.15, 0.2) is 0 Å². The Morgan fingerprint density at radius 2 is 1.79 bits per heavy atom. The molecule has 0 spiro atoms. The molecule has 1 aliphatic carbocycles. The van der Waals surface area contributed by atoms with E-state index in [1.54, 1.807) is 0 Å². The van der Waals surface area contributed by atoms with Crippen LogP contribution in [0.5, 0.6) is 0 Å². The standard InChI is InChI=1S/C15H21Cl2NO/c1-2-15(19)7-5-14(10-18,6-8-15)11-3-4-12(16)13(17)9-11/h3-4,9,19H,2,5-8,10,18H2,1H3. The summed E-state index contributed by atoms with van der Waals surface area (Å²) >= 11 is 12.1. The maximum absolute atomic E-state index is 10.4. The SMILES string of the molecule is CCC1(O)CCC(CN)(c2ccc(Cl)c(Cl)c2)CC1. The highest BCUT2D eigenvalue weighted by Crippen LogP contribution is 2.44. The lowest BCUT2D eigenvalue weighted by Crippen LogP contribution is -2.45. The van der Waals surface area contributed by atoms with Crippen LogP contribution in [0.25, 0.3) is 0 Å². The second kappa shape index (κ2) is 5.61. The van der Waals surface area contributed by atoms with Gasteiger partial charge in [0.2, 0.25) is 0 Å². The zero-order valence-corrected chi connectivity index (χ0v) is 12.8. The summed E-state index contributed by atoms with van der Waals surface area (Å²) < 4.78 is 0. The number of hydrogen-bond acceptors (Lipinski definition) is 2. The van der Waals surface area contributed by atoms with Crippen LogP contribution in [0.2, 0.25) is 10.0 Å². The summed E-state index contributed by atoms with van der Waals surface area (Å²) in [4.78, 5) is 0. The van der Waals surface area contributed by atoms with E-state index in [-0.39, 0.29) is 5.41 Å². The van der Waals surface area contributed by atoms with Gasteiger partial charge in [-0.25, -0.2) is 0 Å². The van der Waals surface area contributed by atoms with Crippen molar-refractivity contribution in [3.8, 4) is 0 Å². The highest BCUT2D eigenvalue weighted by atomic mass is 35.5. The first-order valence-corrected chi connectivity index (χ1v) is 7.58. The fraction of sp³-hybridized carbons (Fsp3) is 0.600. The summed E-state index contributed by atoms with van der Waals surface area (Å²) in [5.41, 5.74) is 6.58. The molecule has 0 atom stereocenters. The van der Waals surface area contributed by atoms with Crippen LogP contribution in [-0.2, 0) is 5.41 Å². The van der Waals surface area contributed by atoms with Gasteiger partial charge >= 0.3 is 0 Å². The number of aliphatic hydroxyl groups is 1. The zero-order chi connectivity index (χ0) is 14.1. The number of halogens is 2. The quantitative estimate of drug-likeness (QED) is 0.889. The minimum absolute atomic E-state index is 0.0738. The van der Waals surface area contributed by atoms with Crippen LogP contribution < -0.4 is 5.73 Å². The largest absolute Gasteiger partial charge is 0.390 e. The molecule has 0 radical (unpaired) electrons. The fourth-order valence-electron chi connectivity index (χ4n) is 2.98. The van der Waals surface area contributed by atoms with Crippen LogP contribution in [0.4, 0.5) is 0 Å². The number of nitrogens with two attached hydrogens (primary N) is 1. The van der Waals surface area contributed by atoms with E-state index in [9.17, 15) is 5.11 Å². The number of benzene rings is 1. The smallest absolute Gasteiger partial charge is 0.0645 e. The van der Waals surface area contributed by atoms with Crippen LogP contribution in [0.3, 0.4) is 0 Å². The van der Waals surface area contributed by atoms with E-state index in [1.807, 2.05) is 25.1 Å². The minimum atomic E-state index is -0.519. The molecule has 2 rings (SSSR count). The number of hydrogen-bond donors (Lipinski definition) is 2. The predicted molar refractivity (Wildman–Crippen MR) is 80.9 cm³/mol. The molecule has 0 heterocycles. The Morgan fingerprint density at radius 3 is 2.26 bits per heavy atom. The van der Waals surface area contributed by atoms with Gasteiger partial charge < -0.3 is 10.8 Å². The van der Waals surface area contributed by atoms with E-state index in [2.05, 4.69) is 0 Å². The zero-order valence-electron chi connectivity index (χ0n) is 11.3. The highest BCUT2D eigenvalue weighted by Gasteiger charge is 2.41. The van der Waals surface area contributed by atoms with Crippen LogP contribution in [0.1, 0.15) is 44.6 Å². The van der Waals surface area contributed by atoms with E-state index >= 15 is 0 Å². The lowest BCUT2D eigenvalue weighted by atomic mass is 9.65. The van der Waals surface area contributed by atoms with E-state index in [0.29, 0.717) is 16.6 Å². The van der Waals surface area contributed by atoms with Crippen molar-refractivity contribution in [3.63, 3.8) is 0 Å². The third-order valence-electron chi connectivity index (χ3n) is 4.72. The Morgan fingerprint density at radius 1 is 1.16 bits per heavy atom. The second-order valence-corrected chi connectivity index (χ2v) is 6.51. The van der Waals surface area contributed by atoms with Gasteiger partial charge in [-0.15, -0.1) is 0 Å². The van der Waals surface area contributed by atoms with Crippen molar-refractivity contribution in [2.45, 2.75) is 50.0 Å². The van der Waals surface area contributed by atoms with Gasteiger partial charge in [0.25, 0.3) is 0 Å². The van der Waals surface area contributed by atoms with Crippen LogP contribution in [-0.4, -0.2) is 17.3 Å². The average Bonchev–Trinajstić information content (AvgIpc) is 2.43. The molecule has 0 unspecified atom stereocenters. The normalized spacial score (nSPS) is 31.4. The fourth-order valence-corrected chi connectivity index (χ4v) is 3.28. The van der Waals surface area contributed by atoms with Gasteiger partial charge in [0, 0.05) is 12.0 Å². The average molecular weight is 302 g/mol. The molecular formula is C15H21Cl2NO. The Hall–Kier alpha value is -0.280. The molecule has 3 N–H and O–H groups in total. The van der Waals surface area contributed by atoms with Crippen LogP contribution in [0, 0.1) is 0 Å². The second-order valence-electron chi connectivity index (χ2n) is 5.69. The summed E-state index contributed by atoms with van der Waals surface area (Å²) in [5.74, 6) is 0. The van der Waals surface area contributed by atoms with Crippen LogP contribution in [0.15, 0.2) is 18.2 Å². The minimum Gasteiger partial charge on any atom is -0.390 e. The third kappa shape index (κ3) is 2.92. The molecule has 2 nitrogen and oxygen atoms in total. The van der Waals surface area contributed by atoms with Crippen molar-refractivity contribution in [1.82, 2.24) is 0 Å². The van der Waals surface area contributed by atoms with Gasteiger partial charge in [0.1, 0.15) is 0 Å². The molecule has 1 saturated carbocycles. The first kappa shape index (κ1) is 15.1. The van der Waals surface area contributed by atoms with E-state index in [0.717, 1.165) is 37.7 Å². The van der Waals surface area contributed by atoms with Gasteiger partial charge in [-0.1, -0.05) is 36.2 Å². The molecule has 1 fully saturated rings. The monoisotopic (exact) mass is 301 g/mol. The molecule has 4 heteroatoms. The van der Waals surface area contributed by atoms with Crippen LogP contribution >= 0.6 is 23.2 Å². The Balaban J connectivity index is 2.27. The van der Waals surface area contributed by atoms with Gasteiger partial charge in [-0.3, -0.25) is 0 Å². The topological polar surface area (TPSA) is 46.2 Å². The summed E-state index contributed by atoms with van der Waals surface area (Å²) in [6.45, 7) is 2.61. The molecular weight excluding hydrogens is 281 g/mol. The van der Waals surface area contributed by atoms with Gasteiger partial charge in [-0.05, 0) is 49.8 Å². The number of rotatable bonds is 3. The summed E-state index contributed by atoms with van der Waals surface area (Å²) in [7, 11) is 0. The Bertz CT molecular complexity index is 453. The van der Waals surface area contributed by atoms with Gasteiger partial charge in [-0.2, -0.15) is 0 Å². The summed E-state index contributed by atoms with van der Waals surface area (Å²) in [6, 6.07) is 5.77. The molecule has 0 amide bonds. The van der Waals surface area contributed by atoms with E-state index < -0.39 is 5.60 Å². The molecule has 0 aromatic heterocycles. The first-order valence-electron chi connectivity index (χ1n) is 6.83. The molecule has 0 aliphatic heterocycles. The maximum Gasteiger partial charge on any atom is 0.0645 e. The van der Waals surface area contributed by atoms with Crippen molar-refractivity contribution in [1.29, 1.82) is 0 Å².